The Morgan fingerprint density at radius 2 is 1.63 bits per heavy atom. The fraction of sp³-hybridized carbons (Fsp3) is 0.286. The first kappa shape index (κ1) is 22.8. The summed E-state index contributed by atoms with van der Waals surface area (Å²) in [7, 11) is 0. The number of rotatable bonds is 7. The van der Waals surface area contributed by atoms with Crippen LogP contribution in [-0.4, -0.2) is 43.3 Å². The molecular formula is C28H30N6O. The van der Waals surface area contributed by atoms with Crippen molar-refractivity contribution in [2.24, 2.45) is 5.92 Å². The first-order chi connectivity index (χ1) is 17.1. The number of anilines is 1. The molecule has 2 unspecified atom stereocenters. The van der Waals surface area contributed by atoms with Crippen LogP contribution < -0.4 is 5.32 Å². The molecule has 5 rings (SSSR count). The Hall–Kier alpha value is -4.00. The minimum absolute atomic E-state index is 0.0557. The van der Waals surface area contributed by atoms with E-state index in [4.69, 9.17) is 0 Å². The van der Waals surface area contributed by atoms with Gasteiger partial charge in [-0.25, -0.2) is 15.0 Å². The average Bonchev–Trinajstić information content (AvgIpc) is 3.58. The van der Waals surface area contributed by atoms with Gasteiger partial charge in [-0.1, -0.05) is 68.4 Å². The van der Waals surface area contributed by atoms with Gasteiger partial charge in [0.25, 0.3) is 0 Å². The number of carbonyl (C=O) groups excluding carboxylic acids is 1. The Labute approximate surface area is 205 Å². The molecule has 2 aromatic carbocycles. The van der Waals surface area contributed by atoms with Crippen molar-refractivity contribution in [2.75, 3.05) is 11.9 Å². The number of carbonyl (C=O) groups is 1. The van der Waals surface area contributed by atoms with Gasteiger partial charge in [-0.05, 0) is 41.5 Å². The van der Waals surface area contributed by atoms with Crippen molar-refractivity contribution in [2.45, 2.75) is 38.8 Å². The van der Waals surface area contributed by atoms with Crippen LogP contribution in [0, 0.1) is 5.92 Å². The maximum atomic E-state index is 13.6. The summed E-state index contributed by atoms with van der Waals surface area (Å²) in [6, 6.07) is 20.1. The van der Waals surface area contributed by atoms with Crippen molar-refractivity contribution < 1.29 is 4.79 Å². The number of hydrogen-bond donors (Lipinski definition) is 2. The molecule has 0 bridgehead atoms. The smallest absolute Gasteiger partial charge is 0.246 e. The number of likely N-dealkylation sites (tertiary alicyclic amines) is 1. The molecule has 7 nitrogen and oxygen atoms in total. The predicted molar refractivity (Wildman–Crippen MR) is 137 cm³/mol. The summed E-state index contributed by atoms with van der Waals surface area (Å²) in [4.78, 5) is 32.2. The van der Waals surface area contributed by atoms with Gasteiger partial charge >= 0.3 is 0 Å². The Balaban J connectivity index is 1.33. The summed E-state index contributed by atoms with van der Waals surface area (Å²) in [5, 5.41) is 3.23. The lowest BCUT2D eigenvalue weighted by Crippen LogP contribution is -2.45. The molecule has 4 aromatic rings. The molecule has 2 N–H and O–H groups in total. The van der Waals surface area contributed by atoms with E-state index in [0.29, 0.717) is 12.5 Å². The fourth-order valence-corrected chi connectivity index (χ4v) is 4.65. The molecule has 2 atom stereocenters. The summed E-state index contributed by atoms with van der Waals surface area (Å²) in [6.45, 7) is 4.78. The Bertz CT molecular complexity index is 1250. The molecule has 1 saturated heterocycles. The van der Waals surface area contributed by atoms with Crippen LogP contribution >= 0.6 is 0 Å². The van der Waals surface area contributed by atoms with E-state index in [2.05, 4.69) is 61.7 Å². The van der Waals surface area contributed by atoms with Gasteiger partial charge in [0, 0.05) is 18.9 Å². The van der Waals surface area contributed by atoms with E-state index in [0.717, 1.165) is 29.9 Å². The van der Waals surface area contributed by atoms with Gasteiger partial charge in [0.1, 0.15) is 11.9 Å². The van der Waals surface area contributed by atoms with E-state index in [1.807, 2.05) is 43.1 Å². The minimum Gasteiger partial charge on any atom is -0.342 e. The van der Waals surface area contributed by atoms with Gasteiger partial charge in [-0.15, -0.1) is 0 Å². The van der Waals surface area contributed by atoms with Crippen LogP contribution in [0.15, 0.2) is 79.3 Å². The van der Waals surface area contributed by atoms with Crippen LogP contribution in [0.4, 0.5) is 5.95 Å². The average molecular weight is 467 g/mol. The summed E-state index contributed by atoms with van der Waals surface area (Å²) >= 11 is 0. The maximum Gasteiger partial charge on any atom is 0.246 e. The second-order valence-electron chi connectivity index (χ2n) is 9.25. The van der Waals surface area contributed by atoms with Crippen molar-refractivity contribution in [3.63, 3.8) is 0 Å². The van der Waals surface area contributed by atoms with Crippen molar-refractivity contribution in [1.82, 2.24) is 24.8 Å². The zero-order valence-corrected chi connectivity index (χ0v) is 20.1. The predicted octanol–water partition coefficient (Wildman–Crippen LogP) is 5.33. The van der Waals surface area contributed by atoms with E-state index in [-0.39, 0.29) is 17.9 Å². The van der Waals surface area contributed by atoms with Crippen LogP contribution in [0.2, 0.25) is 0 Å². The van der Waals surface area contributed by atoms with Gasteiger partial charge in [0.05, 0.1) is 17.9 Å². The first-order valence-corrected chi connectivity index (χ1v) is 12.1. The first-order valence-electron chi connectivity index (χ1n) is 12.1. The number of nitrogens with zero attached hydrogens (tertiary/aromatic N) is 4. The minimum atomic E-state index is -0.405. The molecular weight excluding hydrogens is 436 g/mol. The quantitative estimate of drug-likeness (QED) is 0.384. The van der Waals surface area contributed by atoms with Crippen LogP contribution in [0.3, 0.4) is 0 Å². The van der Waals surface area contributed by atoms with E-state index < -0.39 is 6.04 Å². The topological polar surface area (TPSA) is 86.8 Å². The second kappa shape index (κ2) is 10.1. The van der Waals surface area contributed by atoms with Crippen LogP contribution in [0.25, 0.3) is 22.4 Å². The number of amides is 1. The molecule has 178 valence electrons. The summed E-state index contributed by atoms with van der Waals surface area (Å²) in [6.07, 6.45) is 7.05. The zero-order valence-electron chi connectivity index (χ0n) is 20.1. The molecule has 7 heteroatoms. The van der Waals surface area contributed by atoms with Gasteiger partial charge in [-0.3, -0.25) is 4.79 Å². The van der Waals surface area contributed by atoms with Crippen molar-refractivity contribution in [3.05, 3.63) is 85.1 Å². The van der Waals surface area contributed by atoms with E-state index in [1.54, 1.807) is 18.5 Å². The van der Waals surface area contributed by atoms with Crippen LogP contribution in [0.1, 0.15) is 38.6 Å². The van der Waals surface area contributed by atoms with Crippen molar-refractivity contribution in [1.29, 1.82) is 0 Å². The van der Waals surface area contributed by atoms with Gasteiger partial charge in [0.15, 0.2) is 0 Å². The highest BCUT2D eigenvalue weighted by molar-refractivity contribution is 5.85. The highest BCUT2D eigenvalue weighted by atomic mass is 16.2. The fourth-order valence-electron chi connectivity index (χ4n) is 4.65. The monoisotopic (exact) mass is 466 g/mol. The molecule has 0 spiro atoms. The lowest BCUT2D eigenvalue weighted by Gasteiger charge is -2.30. The van der Waals surface area contributed by atoms with Crippen molar-refractivity contribution in [3.8, 4) is 22.4 Å². The van der Waals surface area contributed by atoms with E-state index in [1.165, 1.54) is 11.1 Å². The Morgan fingerprint density at radius 1 is 0.943 bits per heavy atom. The third kappa shape index (κ3) is 4.94. The molecule has 0 saturated carbocycles. The number of aromatic amines is 1. The highest BCUT2D eigenvalue weighted by Crippen LogP contribution is 2.33. The summed E-state index contributed by atoms with van der Waals surface area (Å²) in [5.41, 5.74) is 4.40. The molecule has 1 fully saturated rings. The number of hydrogen-bond acceptors (Lipinski definition) is 5. The molecule has 2 aromatic heterocycles. The maximum absolute atomic E-state index is 13.6. The Morgan fingerprint density at radius 3 is 2.34 bits per heavy atom. The molecule has 0 radical (unpaired) electrons. The van der Waals surface area contributed by atoms with Crippen LogP contribution in [0.5, 0.6) is 0 Å². The number of nitrogens with one attached hydrogen (secondary N) is 2. The zero-order chi connectivity index (χ0) is 24.2. The lowest BCUT2D eigenvalue weighted by molar-refractivity contribution is -0.134. The standard InChI is InChI=1S/C28H30N6O/c1-19(2)25(33-28-29-15-7-16-30-28)27(35)34-17-6-10-24(34)26-31-18-23(32-26)22-13-11-21(12-14-22)20-8-4-3-5-9-20/h3-5,7-9,11-16,18-19,24-25H,6,10,17H2,1-2H3,(H,31,32)(H,29,30,33). The third-order valence-electron chi connectivity index (χ3n) is 6.53. The van der Waals surface area contributed by atoms with Crippen LogP contribution in [-0.2, 0) is 4.79 Å². The van der Waals surface area contributed by atoms with E-state index >= 15 is 0 Å². The Kier molecular flexibility index (Phi) is 6.57. The number of aromatic nitrogens is 4. The van der Waals surface area contributed by atoms with E-state index in [9.17, 15) is 4.79 Å². The molecule has 35 heavy (non-hydrogen) atoms. The molecule has 3 heterocycles. The highest BCUT2D eigenvalue weighted by Gasteiger charge is 2.37. The molecule has 1 aliphatic rings. The van der Waals surface area contributed by atoms with Gasteiger partial charge < -0.3 is 15.2 Å². The molecule has 0 aliphatic carbocycles. The number of imidazole rings is 1. The normalized spacial score (nSPS) is 16.4. The molecule has 1 aliphatic heterocycles. The third-order valence-corrected chi connectivity index (χ3v) is 6.53. The van der Waals surface area contributed by atoms with Gasteiger partial charge in [-0.2, -0.15) is 0 Å². The van der Waals surface area contributed by atoms with Gasteiger partial charge in [0.2, 0.25) is 11.9 Å². The second-order valence-corrected chi connectivity index (χ2v) is 9.25. The number of H-pyrrole nitrogens is 1. The number of benzene rings is 2. The SMILES string of the molecule is CC(C)C(Nc1ncccn1)C(=O)N1CCCC1c1ncc(-c2ccc(-c3ccccc3)cc2)[nH]1. The summed E-state index contributed by atoms with van der Waals surface area (Å²) in [5.74, 6) is 1.44. The van der Waals surface area contributed by atoms with Crippen molar-refractivity contribution >= 4 is 11.9 Å². The lowest BCUT2D eigenvalue weighted by atomic mass is 10.0. The largest absolute Gasteiger partial charge is 0.342 e. The molecule has 1 amide bonds. The summed E-state index contributed by atoms with van der Waals surface area (Å²) < 4.78 is 0.